The molecule has 7 heteroatoms. The number of benzene rings is 1. The van der Waals surface area contributed by atoms with E-state index in [0.717, 1.165) is 10.6 Å². The first-order valence-corrected chi connectivity index (χ1v) is 11.6. The molecule has 1 heterocycles. The minimum atomic E-state index is -0.762. The second kappa shape index (κ2) is 11.8. The number of carbonyl (C=O) groups is 4. The van der Waals surface area contributed by atoms with E-state index in [1.807, 2.05) is 56.3 Å². The van der Waals surface area contributed by atoms with E-state index < -0.39 is 41.1 Å². The van der Waals surface area contributed by atoms with Crippen molar-refractivity contribution in [2.45, 2.75) is 72.3 Å². The Morgan fingerprint density at radius 3 is 2.21 bits per heavy atom. The number of carbonyl (C=O) groups excluding carboxylic acids is 4. The van der Waals surface area contributed by atoms with Crippen LogP contribution in [0.2, 0.25) is 0 Å². The van der Waals surface area contributed by atoms with Gasteiger partial charge in [-0.1, -0.05) is 56.3 Å². The van der Waals surface area contributed by atoms with Crippen LogP contribution in [0.4, 0.5) is 0 Å². The summed E-state index contributed by atoms with van der Waals surface area (Å²) in [5.41, 5.74) is 2.76. The number of allylic oxidation sites excluding steroid dienone is 1. The number of nitrogens with zero attached hydrogens (tertiary/aromatic N) is 1. The van der Waals surface area contributed by atoms with Gasteiger partial charge < -0.3 is 4.74 Å². The van der Waals surface area contributed by atoms with Gasteiger partial charge in [0.05, 0.1) is 11.8 Å². The first-order valence-electron chi connectivity index (χ1n) is 11.6. The van der Waals surface area contributed by atoms with Gasteiger partial charge in [0, 0.05) is 12.8 Å². The average Bonchev–Trinajstić information content (AvgIpc) is 2.72. The molecule has 1 saturated heterocycles. The SMILES string of the molecule is CC(C)CC(C(=O)NN1C(=O)CCCC1=O)[C@@H](C/C=C\c1ccccc1)C(=O)OC(C)(C)C. The van der Waals surface area contributed by atoms with Crippen molar-refractivity contribution >= 4 is 29.8 Å². The molecule has 1 aromatic rings. The number of imide groups is 1. The van der Waals surface area contributed by atoms with Crippen LogP contribution in [-0.4, -0.2) is 34.3 Å². The Kier molecular flexibility index (Phi) is 9.38. The molecule has 1 aliphatic rings. The number of amides is 3. The molecule has 3 amide bonds. The lowest BCUT2D eigenvalue weighted by Crippen LogP contribution is -2.54. The van der Waals surface area contributed by atoms with Crippen LogP contribution >= 0.6 is 0 Å². The number of esters is 1. The molecule has 180 valence electrons. The van der Waals surface area contributed by atoms with Gasteiger partial charge in [-0.15, -0.1) is 0 Å². The zero-order chi connectivity index (χ0) is 24.6. The number of rotatable bonds is 9. The molecule has 2 rings (SSSR count). The molecular weight excluding hydrogens is 420 g/mol. The van der Waals surface area contributed by atoms with Gasteiger partial charge in [0.1, 0.15) is 5.60 Å². The largest absolute Gasteiger partial charge is 0.460 e. The molecule has 1 unspecified atom stereocenters. The third-order valence-corrected chi connectivity index (χ3v) is 5.26. The van der Waals surface area contributed by atoms with Crippen LogP contribution in [0.1, 0.15) is 72.3 Å². The Bertz CT molecular complexity index is 854. The molecule has 2 atom stereocenters. The highest BCUT2D eigenvalue weighted by molar-refractivity contribution is 5.99. The van der Waals surface area contributed by atoms with Crippen molar-refractivity contribution in [3.05, 3.63) is 42.0 Å². The lowest BCUT2D eigenvalue weighted by molar-refractivity contribution is -0.165. The highest BCUT2D eigenvalue weighted by Gasteiger charge is 2.38. The van der Waals surface area contributed by atoms with Gasteiger partial charge in [-0.3, -0.25) is 24.6 Å². The van der Waals surface area contributed by atoms with E-state index in [0.29, 0.717) is 12.8 Å². The topological polar surface area (TPSA) is 92.8 Å². The molecule has 0 spiro atoms. The molecule has 0 aromatic heterocycles. The number of nitrogens with one attached hydrogen (secondary N) is 1. The van der Waals surface area contributed by atoms with Crippen LogP contribution < -0.4 is 5.43 Å². The summed E-state index contributed by atoms with van der Waals surface area (Å²) in [6, 6.07) is 9.67. The summed E-state index contributed by atoms with van der Waals surface area (Å²) in [5.74, 6) is -3.27. The highest BCUT2D eigenvalue weighted by atomic mass is 16.6. The molecule has 1 N–H and O–H groups in total. The first-order chi connectivity index (χ1) is 15.5. The van der Waals surface area contributed by atoms with Crippen LogP contribution in [0.5, 0.6) is 0 Å². The second-order valence-corrected chi connectivity index (χ2v) is 9.88. The number of piperidine rings is 1. The van der Waals surface area contributed by atoms with Crippen molar-refractivity contribution in [1.82, 2.24) is 10.4 Å². The highest BCUT2D eigenvalue weighted by Crippen LogP contribution is 2.28. The molecule has 7 nitrogen and oxygen atoms in total. The van der Waals surface area contributed by atoms with Crippen LogP contribution in [-0.2, 0) is 23.9 Å². The van der Waals surface area contributed by atoms with E-state index in [1.165, 1.54) is 0 Å². The quantitative estimate of drug-likeness (QED) is 0.442. The van der Waals surface area contributed by atoms with Gasteiger partial charge >= 0.3 is 5.97 Å². The standard InChI is InChI=1S/C26H36N2O5/c1-18(2)17-21(24(31)27-28-22(29)15-10-16-23(28)30)20(25(32)33-26(3,4)5)14-9-13-19-11-7-6-8-12-19/h6-9,11-13,18,20-21H,10,14-17H2,1-5H3,(H,27,31)/b13-9-/t20-,21?/m1/s1. The fourth-order valence-electron chi connectivity index (χ4n) is 3.75. The van der Waals surface area contributed by atoms with Gasteiger partial charge in [-0.2, -0.15) is 5.01 Å². The van der Waals surface area contributed by atoms with E-state index in [1.54, 1.807) is 20.8 Å². The maximum Gasteiger partial charge on any atom is 0.310 e. The van der Waals surface area contributed by atoms with Crippen LogP contribution in [0, 0.1) is 17.8 Å². The molecule has 1 fully saturated rings. The maximum absolute atomic E-state index is 13.3. The van der Waals surface area contributed by atoms with Gasteiger partial charge in [0.25, 0.3) is 0 Å². The van der Waals surface area contributed by atoms with Crippen LogP contribution in [0.15, 0.2) is 36.4 Å². The van der Waals surface area contributed by atoms with E-state index >= 15 is 0 Å². The maximum atomic E-state index is 13.3. The molecule has 0 saturated carbocycles. The van der Waals surface area contributed by atoms with E-state index in [9.17, 15) is 19.2 Å². The van der Waals surface area contributed by atoms with Crippen molar-refractivity contribution in [3.63, 3.8) is 0 Å². The fourth-order valence-corrected chi connectivity index (χ4v) is 3.75. The Hall–Kier alpha value is -2.96. The van der Waals surface area contributed by atoms with Crippen molar-refractivity contribution in [1.29, 1.82) is 0 Å². The predicted molar refractivity (Wildman–Crippen MR) is 126 cm³/mol. The summed E-state index contributed by atoms with van der Waals surface area (Å²) in [7, 11) is 0. The molecule has 33 heavy (non-hydrogen) atoms. The zero-order valence-corrected chi connectivity index (χ0v) is 20.3. The van der Waals surface area contributed by atoms with Gasteiger partial charge in [0.2, 0.25) is 17.7 Å². The third kappa shape index (κ3) is 8.48. The monoisotopic (exact) mass is 456 g/mol. The Morgan fingerprint density at radius 2 is 1.67 bits per heavy atom. The lowest BCUT2D eigenvalue weighted by Gasteiger charge is -2.31. The van der Waals surface area contributed by atoms with E-state index in [4.69, 9.17) is 4.74 Å². The Balaban J connectivity index is 2.29. The number of hydrazine groups is 1. The van der Waals surface area contributed by atoms with Crippen molar-refractivity contribution in [2.75, 3.05) is 0 Å². The molecule has 1 aromatic carbocycles. The summed E-state index contributed by atoms with van der Waals surface area (Å²) in [4.78, 5) is 50.8. The average molecular weight is 457 g/mol. The van der Waals surface area contributed by atoms with Crippen molar-refractivity contribution in [3.8, 4) is 0 Å². The fraction of sp³-hybridized carbons (Fsp3) is 0.538. The van der Waals surface area contributed by atoms with Crippen LogP contribution in [0.25, 0.3) is 6.08 Å². The van der Waals surface area contributed by atoms with Gasteiger partial charge in [-0.05, 0) is 51.5 Å². The number of hydrogen-bond donors (Lipinski definition) is 1. The zero-order valence-electron chi connectivity index (χ0n) is 20.3. The Labute approximate surface area is 196 Å². The van der Waals surface area contributed by atoms with Crippen molar-refractivity contribution < 1.29 is 23.9 Å². The summed E-state index contributed by atoms with van der Waals surface area (Å²) in [6.45, 7) is 9.27. The molecule has 0 bridgehead atoms. The minimum Gasteiger partial charge on any atom is -0.460 e. The number of ether oxygens (including phenoxy) is 1. The summed E-state index contributed by atoms with van der Waals surface area (Å²) < 4.78 is 5.65. The van der Waals surface area contributed by atoms with Crippen molar-refractivity contribution in [2.24, 2.45) is 17.8 Å². The van der Waals surface area contributed by atoms with E-state index in [2.05, 4.69) is 5.43 Å². The van der Waals surface area contributed by atoms with Gasteiger partial charge in [0.15, 0.2) is 0 Å². The molecule has 1 aliphatic heterocycles. The van der Waals surface area contributed by atoms with E-state index in [-0.39, 0.29) is 25.2 Å². The summed E-state index contributed by atoms with van der Waals surface area (Å²) in [6.07, 6.45) is 5.35. The first kappa shape index (κ1) is 26.3. The summed E-state index contributed by atoms with van der Waals surface area (Å²) >= 11 is 0. The Morgan fingerprint density at radius 1 is 1.06 bits per heavy atom. The number of hydrogen-bond acceptors (Lipinski definition) is 5. The van der Waals surface area contributed by atoms with Crippen LogP contribution in [0.3, 0.4) is 0 Å². The predicted octanol–water partition coefficient (Wildman–Crippen LogP) is 4.28. The van der Waals surface area contributed by atoms with Gasteiger partial charge in [-0.25, -0.2) is 0 Å². The molecule has 0 aliphatic carbocycles. The lowest BCUT2D eigenvalue weighted by atomic mass is 9.82. The summed E-state index contributed by atoms with van der Waals surface area (Å²) in [5, 5.41) is 0.811. The third-order valence-electron chi connectivity index (χ3n) is 5.26. The molecular formula is C26H36N2O5. The smallest absolute Gasteiger partial charge is 0.310 e. The second-order valence-electron chi connectivity index (χ2n) is 9.88. The minimum absolute atomic E-state index is 0.108. The normalized spacial score (nSPS) is 16.7. The molecule has 0 radical (unpaired) electrons.